The maximum Gasteiger partial charge on any atom is 0.0867 e. The van der Waals surface area contributed by atoms with Gasteiger partial charge in [-0.1, -0.05) is 19.1 Å². The third-order valence-corrected chi connectivity index (χ3v) is 4.15. The van der Waals surface area contributed by atoms with Crippen LogP contribution in [-0.4, -0.2) is 36.7 Å². The molecule has 0 aliphatic carbocycles. The number of aliphatic hydroxyl groups excluding tert-OH is 1. The summed E-state index contributed by atoms with van der Waals surface area (Å²) in [4.78, 5) is 1.20. The third kappa shape index (κ3) is 6.75. The molecule has 2 unspecified atom stereocenters. The molecule has 4 heteroatoms. The van der Waals surface area contributed by atoms with Crippen molar-refractivity contribution in [3.8, 4) is 0 Å². The molecule has 0 aliphatic rings. The summed E-state index contributed by atoms with van der Waals surface area (Å²) in [5.41, 5.74) is 1.29. The SMILES string of the molecule is CCCNC(C)c1cccc(SCC(O)COCC)c1. The number of rotatable bonds is 10. The van der Waals surface area contributed by atoms with E-state index in [-0.39, 0.29) is 0 Å². The standard InChI is InChI=1S/C16H27NO2S/c1-4-9-17-13(3)14-7-6-8-16(10-14)20-12-15(18)11-19-5-2/h6-8,10,13,15,17-18H,4-5,9,11-12H2,1-3H3. The molecule has 0 aromatic heterocycles. The normalized spacial score (nSPS) is 14.2. The van der Waals surface area contributed by atoms with Crippen LogP contribution in [0.15, 0.2) is 29.2 Å². The van der Waals surface area contributed by atoms with Crippen LogP contribution in [-0.2, 0) is 4.74 Å². The summed E-state index contributed by atoms with van der Waals surface area (Å²) >= 11 is 1.68. The first-order valence-electron chi connectivity index (χ1n) is 7.39. The van der Waals surface area contributed by atoms with Crippen LogP contribution in [0.3, 0.4) is 0 Å². The molecular formula is C16H27NO2S. The molecule has 114 valence electrons. The molecule has 0 spiro atoms. The van der Waals surface area contributed by atoms with E-state index in [9.17, 15) is 5.11 Å². The predicted octanol–water partition coefficient (Wildman–Crippen LogP) is 3.24. The summed E-state index contributed by atoms with van der Waals surface area (Å²) in [6, 6.07) is 8.88. The highest BCUT2D eigenvalue weighted by molar-refractivity contribution is 7.99. The van der Waals surface area contributed by atoms with Crippen molar-refractivity contribution in [3.63, 3.8) is 0 Å². The number of hydrogen-bond acceptors (Lipinski definition) is 4. The molecule has 0 saturated carbocycles. The zero-order valence-corrected chi connectivity index (χ0v) is 13.6. The van der Waals surface area contributed by atoms with E-state index in [0.717, 1.165) is 13.0 Å². The predicted molar refractivity (Wildman–Crippen MR) is 86.4 cm³/mol. The van der Waals surface area contributed by atoms with E-state index in [1.165, 1.54) is 10.5 Å². The van der Waals surface area contributed by atoms with E-state index < -0.39 is 6.10 Å². The fraction of sp³-hybridized carbons (Fsp3) is 0.625. The zero-order valence-electron chi connectivity index (χ0n) is 12.8. The third-order valence-electron chi connectivity index (χ3n) is 3.02. The van der Waals surface area contributed by atoms with Crippen LogP contribution in [0.4, 0.5) is 0 Å². The van der Waals surface area contributed by atoms with E-state index in [2.05, 4.69) is 43.4 Å². The minimum absolute atomic E-state index is 0.365. The van der Waals surface area contributed by atoms with E-state index in [0.29, 0.717) is 25.0 Å². The first kappa shape index (κ1) is 17.5. The van der Waals surface area contributed by atoms with Gasteiger partial charge in [0.25, 0.3) is 0 Å². The van der Waals surface area contributed by atoms with Gasteiger partial charge in [-0.3, -0.25) is 0 Å². The second kappa shape index (κ2) is 10.2. The number of benzene rings is 1. The van der Waals surface area contributed by atoms with Gasteiger partial charge in [0.2, 0.25) is 0 Å². The monoisotopic (exact) mass is 297 g/mol. The molecule has 1 aromatic carbocycles. The lowest BCUT2D eigenvalue weighted by molar-refractivity contribution is 0.0551. The van der Waals surface area contributed by atoms with Gasteiger partial charge < -0.3 is 15.2 Å². The van der Waals surface area contributed by atoms with Gasteiger partial charge in [-0.25, -0.2) is 0 Å². The van der Waals surface area contributed by atoms with Crippen LogP contribution in [0.25, 0.3) is 0 Å². The van der Waals surface area contributed by atoms with E-state index in [1.54, 1.807) is 11.8 Å². The van der Waals surface area contributed by atoms with Crippen molar-refractivity contribution in [3.05, 3.63) is 29.8 Å². The smallest absolute Gasteiger partial charge is 0.0867 e. The van der Waals surface area contributed by atoms with E-state index in [1.807, 2.05) is 6.92 Å². The average Bonchev–Trinajstić information content (AvgIpc) is 2.48. The van der Waals surface area contributed by atoms with Gasteiger partial charge in [-0.05, 0) is 44.5 Å². The summed E-state index contributed by atoms with van der Waals surface area (Å²) in [5, 5.41) is 13.3. The van der Waals surface area contributed by atoms with Crippen molar-refractivity contribution in [2.45, 2.75) is 44.2 Å². The number of aliphatic hydroxyl groups is 1. The van der Waals surface area contributed by atoms with E-state index >= 15 is 0 Å². The first-order valence-corrected chi connectivity index (χ1v) is 8.37. The van der Waals surface area contributed by atoms with Crippen molar-refractivity contribution in [2.24, 2.45) is 0 Å². The molecule has 1 rings (SSSR count). The van der Waals surface area contributed by atoms with Crippen LogP contribution >= 0.6 is 11.8 Å². The lowest BCUT2D eigenvalue weighted by Crippen LogP contribution is -2.19. The van der Waals surface area contributed by atoms with Crippen LogP contribution in [0.5, 0.6) is 0 Å². The van der Waals surface area contributed by atoms with Crippen molar-refractivity contribution < 1.29 is 9.84 Å². The Labute approximate surface area is 127 Å². The maximum atomic E-state index is 9.78. The molecule has 20 heavy (non-hydrogen) atoms. The summed E-state index contributed by atoms with van der Waals surface area (Å²) in [5.74, 6) is 0.667. The number of ether oxygens (including phenoxy) is 1. The largest absolute Gasteiger partial charge is 0.390 e. The molecule has 0 amide bonds. The van der Waals surface area contributed by atoms with Gasteiger partial charge in [0.15, 0.2) is 0 Å². The van der Waals surface area contributed by atoms with Gasteiger partial charge >= 0.3 is 0 Å². The molecule has 0 aliphatic heterocycles. The Morgan fingerprint density at radius 1 is 1.35 bits per heavy atom. The number of thioether (sulfide) groups is 1. The molecule has 0 fully saturated rings. The van der Waals surface area contributed by atoms with Crippen molar-refractivity contribution >= 4 is 11.8 Å². The van der Waals surface area contributed by atoms with Gasteiger partial charge in [0.05, 0.1) is 12.7 Å². The second-order valence-electron chi connectivity index (χ2n) is 4.87. The molecule has 2 N–H and O–H groups in total. The Morgan fingerprint density at radius 3 is 2.85 bits per heavy atom. The quantitative estimate of drug-likeness (QED) is 0.651. The molecule has 3 nitrogen and oxygen atoms in total. The fourth-order valence-corrected chi connectivity index (χ4v) is 2.72. The Hall–Kier alpha value is -0.550. The topological polar surface area (TPSA) is 41.5 Å². The highest BCUT2D eigenvalue weighted by Gasteiger charge is 2.08. The van der Waals surface area contributed by atoms with Gasteiger partial charge in [-0.2, -0.15) is 0 Å². The van der Waals surface area contributed by atoms with Gasteiger partial charge in [-0.15, -0.1) is 11.8 Å². The summed E-state index contributed by atoms with van der Waals surface area (Å²) in [6.45, 7) is 8.39. The summed E-state index contributed by atoms with van der Waals surface area (Å²) in [7, 11) is 0. The minimum Gasteiger partial charge on any atom is -0.390 e. The first-order chi connectivity index (χ1) is 9.67. The van der Waals surface area contributed by atoms with E-state index in [4.69, 9.17) is 4.74 Å². The lowest BCUT2D eigenvalue weighted by Gasteiger charge is -2.15. The van der Waals surface area contributed by atoms with Crippen molar-refractivity contribution in [1.82, 2.24) is 5.32 Å². The maximum absolute atomic E-state index is 9.78. The number of nitrogens with one attached hydrogen (secondary N) is 1. The highest BCUT2D eigenvalue weighted by atomic mass is 32.2. The van der Waals surface area contributed by atoms with Crippen molar-refractivity contribution in [1.29, 1.82) is 0 Å². The minimum atomic E-state index is -0.403. The molecule has 0 radical (unpaired) electrons. The summed E-state index contributed by atoms with van der Waals surface area (Å²) in [6.07, 6.45) is 0.738. The zero-order chi connectivity index (χ0) is 14.8. The van der Waals surface area contributed by atoms with Crippen LogP contribution in [0.2, 0.25) is 0 Å². The molecule has 0 saturated heterocycles. The fourth-order valence-electron chi connectivity index (χ4n) is 1.85. The lowest BCUT2D eigenvalue weighted by atomic mass is 10.1. The van der Waals surface area contributed by atoms with Gasteiger partial charge in [0.1, 0.15) is 0 Å². The second-order valence-corrected chi connectivity index (χ2v) is 5.97. The molecule has 1 aromatic rings. The molecule has 2 atom stereocenters. The highest BCUT2D eigenvalue weighted by Crippen LogP contribution is 2.23. The van der Waals surface area contributed by atoms with Gasteiger partial charge in [0, 0.05) is 23.3 Å². The molecular weight excluding hydrogens is 270 g/mol. The Morgan fingerprint density at radius 2 is 2.15 bits per heavy atom. The van der Waals surface area contributed by atoms with Crippen LogP contribution < -0.4 is 5.32 Å². The Kier molecular flexibility index (Phi) is 8.94. The van der Waals surface area contributed by atoms with Crippen LogP contribution in [0.1, 0.15) is 38.8 Å². The average molecular weight is 297 g/mol. The molecule has 0 heterocycles. The van der Waals surface area contributed by atoms with Crippen molar-refractivity contribution in [2.75, 3.05) is 25.5 Å². The Balaban J connectivity index is 2.46. The number of hydrogen-bond donors (Lipinski definition) is 2. The molecule has 0 bridgehead atoms. The van der Waals surface area contributed by atoms with Crippen LogP contribution in [0, 0.1) is 0 Å². The Bertz CT molecular complexity index is 373. The summed E-state index contributed by atoms with van der Waals surface area (Å²) < 4.78 is 5.22.